The topological polar surface area (TPSA) is 76.8 Å². The van der Waals surface area contributed by atoms with Gasteiger partial charge < -0.3 is 9.15 Å². The van der Waals surface area contributed by atoms with Crippen molar-refractivity contribution in [3.63, 3.8) is 0 Å². The number of esters is 1. The highest BCUT2D eigenvalue weighted by Gasteiger charge is 2.21. The second-order valence-electron chi connectivity index (χ2n) is 5.00. The first-order chi connectivity index (χ1) is 11.3. The van der Waals surface area contributed by atoms with Crippen molar-refractivity contribution in [1.82, 2.24) is 4.31 Å². The van der Waals surface area contributed by atoms with Crippen LogP contribution in [0, 0.1) is 5.82 Å². The van der Waals surface area contributed by atoms with Crippen molar-refractivity contribution >= 4 is 22.1 Å². The summed E-state index contributed by atoms with van der Waals surface area (Å²) in [5.74, 6) is -0.869. The van der Waals surface area contributed by atoms with E-state index >= 15 is 0 Å². The molecule has 8 heteroatoms. The number of rotatable bonds is 6. The molecule has 1 aromatic heterocycles. The third-order valence-corrected chi connectivity index (χ3v) is 4.68. The molecule has 0 unspecified atom stereocenters. The summed E-state index contributed by atoms with van der Waals surface area (Å²) < 4.78 is 47.8. The molecule has 0 fully saturated rings. The summed E-state index contributed by atoms with van der Waals surface area (Å²) in [6.07, 6.45) is 2.56. The van der Waals surface area contributed by atoms with Gasteiger partial charge in [-0.2, -0.15) is 0 Å². The molecule has 0 N–H and O–H groups in total. The maximum Gasteiger partial charge on any atom is 0.331 e. The van der Waals surface area contributed by atoms with Crippen LogP contribution in [0.5, 0.6) is 0 Å². The molecule has 0 spiro atoms. The van der Waals surface area contributed by atoms with Gasteiger partial charge in [0.1, 0.15) is 18.2 Å². The number of hydrogen-bond acceptors (Lipinski definition) is 5. The van der Waals surface area contributed by atoms with Gasteiger partial charge in [0.05, 0.1) is 0 Å². The lowest BCUT2D eigenvalue weighted by atomic mass is 10.2. The van der Waals surface area contributed by atoms with E-state index in [-0.39, 0.29) is 17.5 Å². The Morgan fingerprint density at radius 1 is 1.29 bits per heavy atom. The van der Waals surface area contributed by atoms with E-state index in [1.165, 1.54) is 50.5 Å². The van der Waals surface area contributed by atoms with Gasteiger partial charge in [-0.3, -0.25) is 0 Å². The molecule has 0 atom stereocenters. The second kappa shape index (κ2) is 7.41. The van der Waals surface area contributed by atoms with Gasteiger partial charge in [0.2, 0.25) is 5.09 Å². The zero-order valence-electron chi connectivity index (χ0n) is 13.1. The smallest absolute Gasteiger partial charge is 0.331 e. The van der Waals surface area contributed by atoms with Crippen LogP contribution in [-0.4, -0.2) is 32.8 Å². The van der Waals surface area contributed by atoms with Gasteiger partial charge in [-0.05, 0) is 35.9 Å². The number of carbonyl (C=O) groups excluding carboxylic acids is 1. The molecule has 0 bridgehead atoms. The maximum atomic E-state index is 13.0. The summed E-state index contributed by atoms with van der Waals surface area (Å²) in [6.45, 7) is -0.213. The Balaban J connectivity index is 1.94. The normalized spacial score (nSPS) is 12.0. The minimum absolute atomic E-state index is 0.197. The van der Waals surface area contributed by atoms with Crippen LogP contribution in [0.2, 0.25) is 0 Å². The lowest BCUT2D eigenvalue weighted by molar-refractivity contribution is -0.139. The highest BCUT2D eigenvalue weighted by Crippen LogP contribution is 2.17. The quantitative estimate of drug-likeness (QED) is 0.589. The molecule has 1 aromatic carbocycles. The van der Waals surface area contributed by atoms with Crippen LogP contribution in [0.4, 0.5) is 4.39 Å². The number of nitrogens with zero attached hydrogens (tertiary/aromatic N) is 1. The summed E-state index contributed by atoms with van der Waals surface area (Å²) in [5.41, 5.74) is 0.518. The molecule has 24 heavy (non-hydrogen) atoms. The Morgan fingerprint density at radius 2 is 2.04 bits per heavy atom. The van der Waals surface area contributed by atoms with Gasteiger partial charge in [0.15, 0.2) is 0 Å². The molecule has 0 aliphatic rings. The van der Waals surface area contributed by atoms with Gasteiger partial charge in [-0.15, -0.1) is 0 Å². The number of halogens is 1. The second-order valence-corrected chi connectivity index (χ2v) is 7.09. The maximum absolute atomic E-state index is 13.0. The summed E-state index contributed by atoms with van der Waals surface area (Å²) >= 11 is 0. The molecule has 0 saturated carbocycles. The molecule has 1 heterocycles. The fourth-order valence-corrected chi connectivity index (χ4v) is 2.53. The molecule has 6 nitrogen and oxygen atoms in total. The summed E-state index contributed by atoms with van der Waals surface area (Å²) in [5, 5.41) is -0.228. The van der Waals surface area contributed by atoms with E-state index in [9.17, 15) is 17.6 Å². The minimum atomic E-state index is -3.67. The van der Waals surface area contributed by atoms with Crippen LogP contribution in [0.15, 0.2) is 52.0 Å². The van der Waals surface area contributed by atoms with Crippen LogP contribution in [-0.2, 0) is 26.2 Å². The molecule has 128 valence electrons. The number of benzene rings is 1. The largest absolute Gasteiger partial charge is 0.454 e. The van der Waals surface area contributed by atoms with E-state index in [4.69, 9.17) is 9.15 Å². The van der Waals surface area contributed by atoms with Crippen LogP contribution < -0.4 is 0 Å². The van der Waals surface area contributed by atoms with Gasteiger partial charge in [-0.1, -0.05) is 12.1 Å². The van der Waals surface area contributed by atoms with Crippen LogP contribution in [0.25, 0.3) is 6.08 Å². The Bertz CT molecular complexity index is 855. The molecule has 0 aliphatic carbocycles. The highest BCUT2D eigenvalue weighted by molar-refractivity contribution is 7.88. The summed E-state index contributed by atoms with van der Waals surface area (Å²) in [4.78, 5) is 11.6. The average Bonchev–Trinajstić information content (AvgIpc) is 3.00. The summed E-state index contributed by atoms with van der Waals surface area (Å²) in [6, 6.07) is 8.44. The van der Waals surface area contributed by atoms with E-state index in [1.54, 1.807) is 6.07 Å². The highest BCUT2D eigenvalue weighted by atomic mass is 32.2. The predicted molar refractivity (Wildman–Crippen MR) is 84.8 cm³/mol. The van der Waals surface area contributed by atoms with Crippen molar-refractivity contribution in [3.05, 3.63) is 59.6 Å². The molecule has 2 aromatic rings. The van der Waals surface area contributed by atoms with Gasteiger partial charge in [0.25, 0.3) is 10.0 Å². The first-order valence-electron chi connectivity index (χ1n) is 6.90. The van der Waals surface area contributed by atoms with Crippen molar-refractivity contribution < 1.29 is 26.8 Å². The predicted octanol–water partition coefficient (Wildman–Crippen LogP) is 2.43. The monoisotopic (exact) mass is 353 g/mol. The van der Waals surface area contributed by atoms with Gasteiger partial charge in [-0.25, -0.2) is 21.9 Å². The fraction of sp³-hybridized carbons (Fsp3) is 0.188. The third-order valence-electron chi connectivity index (χ3n) is 2.99. The zero-order valence-corrected chi connectivity index (χ0v) is 13.9. The lowest BCUT2D eigenvalue weighted by Gasteiger charge is -2.07. The molecule has 2 rings (SSSR count). The standard InChI is InChI=1S/C16H16FNO5S/c1-18(2)24(20,21)16-9-7-14(23-16)11-22-15(19)8-6-12-4-3-5-13(17)10-12/h3-10H,11H2,1-2H3/b8-6+. The Kier molecular flexibility index (Phi) is 5.53. The van der Waals surface area contributed by atoms with Crippen LogP contribution in [0.3, 0.4) is 0 Å². The number of carbonyl (C=O) groups is 1. The molecule has 0 radical (unpaired) electrons. The average molecular weight is 353 g/mol. The lowest BCUT2D eigenvalue weighted by Crippen LogP contribution is -2.21. The number of sulfonamides is 1. The Hall–Kier alpha value is -2.45. The summed E-state index contributed by atoms with van der Waals surface area (Å²) in [7, 11) is -0.901. The van der Waals surface area contributed by atoms with Crippen LogP contribution in [0.1, 0.15) is 11.3 Å². The Labute approximate surface area is 139 Å². The third kappa shape index (κ3) is 4.53. The SMILES string of the molecule is CN(C)S(=O)(=O)c1ccc(COC(=O)/C=C/c2cccc(F)c2)o1. The molecule has 0 amide bonds. The van der Waals surface area contributed by atoms with E-state index < -0.39 is 21.8 Å². The molecule has 0 saturated heterocycles. The van der Waals surface area contributed by atoms with Crippen molar-refractivity contribution in [3.8, 4) is 0 Å². The van der Waals surface area contributed by atoms with Crippen molar-refractivity contribution in [2.45, 2.75) is 11.7 Å². The van der Waals surface area contributed by atoms with Crippen molar-refractivity contribution in [1.29, 1.82) is 0 Å². The minimum Gasteiger partial charge on any atom is -0.454 e. The fourth-order valence-electron chi connectivity index (χ4n) is 1.72. The van der Waals surface area contributed by atoms with E-state index in [1.807, 2.05) is 0 Å². The van der Waals surface area contributed by atoms with Crippen molar-refractivity contribution in [2.24, 2.45) is 0 Å². The van der Waals surface area contributed by atoms with E-state index in [0.29, 0.717) is 5.56 Å². The first-order valence-corrected chi connectivity index (χ1v) is 8.34. The van der Waals surface area contributed by atoms with E-state index in [2.05, 4.69) is 0 Å². The molecular weight excluding hydrogens is 337 g/mol. The van der Waals surface area contributed by atoms with Gasteiger partial charge >= 0.3 is 5.97 Å². The van der Waals surface area contributed by atoms with E-state index in [0.717, 1.165) is 10.4 Å². The Morgan fingerprint density at radius 3 is 2.71 bits per heavy atom. The number of furan rings is 1. The molecule has 0 aliphatic heterocycles. The first kappa shape index (κ1) is 17.9. The number of ether oxygens (including phenoxy) is 1. The zero-order chi connectivity index (χ0) is 17.7. The van der Waals surface area contributed by atoms with Crippen LogP contribution >= 0.6 is 0 Å². The van der Waals surface area contributed by atoms with Gasteiger partial charge in [0, 0.05) is 20.2 Å². The van der Waals surface area contributed by atoms with Crippen molar-refractivity contribution in [2.75, 3.05) is 14.1 Å². The molecular formula is C16H16FNO5S. The number of hydrogen-bond donors (Lipinski definition) is 0.